The summed E-state index contributed by atoms with van der Waals surface area (Å²) in [6.07, 6.45) is 6.38. The summed E-state index contributed by atoms with van der Waals surface area (Å²) in [5, 5.41) is 7.56. The number of hydrogen-bond donors (Lipinski definition) is 1. The Bertz CT molecular complexity index is 362. The number of nitrogens with one attached hydrogen (secondary N) is 1. The number of hydrogen-bond acceptors (Lipinski definition) is 4. The molecule has 0 radical (unpaired) electrons. The number of ether oxygens (including phenoxy) is 1. The fourth-order valence-electron chi connectivity index (χ4n) is 2.69. The van der Waals surface area contributed by atoms with E-state index < -0.39 is 0 Å². The Kier molecular flexibility index (Phi) is 5.40. The highest BCUT2D eigenvalue weighted by molar-refractivity contribution is 5.19. The molecule has 0 amide bonds. The van der Waals surface area contributed by atoms with Gasteiger partial charge in [0, 0.05) is 11.6 Å². The van der Waals surface area contributed by atoms with Crippen molar-refractivity contribution in [1.29, 1.82) is 0 Å². The first-order valence-corrected chi connectivity index (χ1v) is 7.47. The zero-order valence-electron chi connectivity index (χ0n) is 12.4. The van der Waals surface area contributed by atoms with Gasteiger partial charge in [0.25, 0.3) is 0 Å². The number of aromatic nitrogens is 1. The molecule has 108 valence electrons. The second kappa shape index (κ2) is 7.06. The average molecular weight is 266 g/mol. The number of aryl methyl sites for hydroxylation is 2. The summed E-state index contributed by atoms with van der Waals surface area (Å²) in [6, 6.07) is 0.693. The minimum Gasteiger partial charge on any atom is -0.373 e. The Labute approximate surface area is 115 Å². The molecule has 1 fully saturated rings. The van der Waals surface area contributed by atoms with E-state index in [2.05, 4.69) is 17.4 Å². The second-order valence-corrected chi connectivity index (χ2v) is 5.54. The largest absolute Gasteiger partial charge is 0.373 e. The minimum absolute atomic E-state index is 0.397. The normalized spacial score (nSPS) is 23.7. The van der Waals surface area contributed by atoms with Gasteiger partial charge in [-0.1, -0.05) is 12.1 Å². The Balaban J connectivity index is 1.71. The van der Waals surface area contributed by atoms with Crippen LogP contribution in [0.15, 0.2) is 4.52 Å². The van der Waals surface area contributed by atoms with Gasteiger partial charge < -0.3 is 14.6 Å². The van der Waals surface area contributed by atoms with Gasteiger partial charge in [-0.3, -0.25) is 0 Å². The Morgan fingerprint density at radius 1 is 1.26 bits per heavy atom. The van der Waals surface area contributed by atoms with Crippen molar-refractivity contribution in [2.45, 2.75) is 71.6 Å². The first-order valence-electron chi connectivity index (χ1n) is 7.47. The molecule has 0 atom stereocenters. The van der Waals surface area contributed by atoms with E-state index in [0.29, 0.717) is 18.8 Å². The molecule has 0 saturated heterocycles. The van der Waals surface area contributed by atoms with E-state index in [-0.39, 0.29) is 0 Å². The first-order chi connectivity index (χ1) is 9.20. The third-order valence-electron chi connectivity index (χ3n) is 4.00. The fraction of sp³-hybridized carbons (Fsp3) is 0.800. The van der Waals surface area contributed by atoms with Crippen molar-refractivity contribution in [3.63, 3.8) is 0 Å². The van der Waals surface area contributed by atoms with Crippen molar-refractivity contribution < 1.29 is 9.26 Å². The molecular formula is C15H26N2O2. The quantitative estimate of drug-likeness (QED) is 0.859. The molecule has 1 aromatic heterocycles. The summed E-state index contributed by atoms with van der Waals surface area (Å²) >= 11 is 0. The van der Waals surface area contributed by atoms with Crippen molar-refractivity contribution >= 4 is 0 Å². The van der Waals surface area contributed by atoms with Crippen LogP contribution in [-0.4, -0.2) is 23.8 Å². The Hall–Kier alpha value is -0.870. The second-order valence-electron chi connectivity index (χ2n) is 5.54. The van der Waals surface area contributed by atoms with Crippen LogP contribution in [0, 0.1) is 13.8 Å². The summed E-state index contributed by atoms with van der Waals surface area (Å²) in [4.78, 5) is 0. The van der Waals surface area contributed by atoms with E-state index in [4.69, 9.17) is 9.26 Å². The van der Waals surface area contributed by atoms with Crippen molar-refractivity contribution in [1.82, 2.24) is 10.5 Å². The summed E-state index contributed by atoms with van der Waals surface area (Å²) in [5.41, 5.74) is 2.07. The summed E-state index contributed by atoms with van der Waals surface area (Å²) in [5.74, 6) is 0.885. The molecule has 0 aromatic carbocycles. The Morgan fingerprint density at radius 3 is 2.58 bits per heavy atom. The summed E-state index contributed by atoms with van der Waals surface area (Å²) in [6.45, 7) is 7.91. The standard InChI is InChI=1S/C15H26N2O2/c1-4-9-16-13-5-7-14(8-6-13)18-10-15-11(2)17-19-12(15)3/h13-14,16H,4-10H2,1-3H3. The van der Waals surface area contributed by atoms with E-state index in [1.165, 1.54) is 19.3 Å². The molecule has 0 bridgehead atoms. The molecule has 1 aliphatic rings. The van der Waals surface area contributed by atoms with Gasteiger partial charge in [0.1, 0.15) is 5.76 Å². The van der Waals surface area contributed by atoms with E-state index in [9.17, 15) is 0 Å². The van der Waals surface area contributed by atoms with Gasteiger partial charge in [-0.25, -0.2) is 0 Å². The monoisotopic (exact) mass is 266 g/mol. The lowest BCUT2D eigenvalue weighted by Crippen LogP contribution is -2.35. The maximum atomic E-state index is 6.01. The molecule has 19 heavy (non-hydrogen) atoms. The van der Waals surface area contributed by atoms with Crippen LogP contribution in [-0.2, 0) is 11.3 Å². The smallest absolute Gasteiger partial charge is 0.139 e. The van der Waals surface area contributed by atoms with Gasteiger partial charge in [-0.15, -0.1) is 0 Å². The van der Waals surface area contributed by atoms with Crippen LogP contribution in [0.4, 0.5) is 0 Å². The molecule has 2 rings (SSSR count). The predicted octanol–water partition coefficient (Wildman–Crippen LogP) is 3.12. The van der Waals surface area contributed by atoms with Crippen LogP contribution >= 0.6 is 0 Å². The van der Waals surface area contributed by atoms with Crippen LogP contribution in [0.5, 0.6) is 0 Å². The van der Waals surface area contributed by atoms with Gasteiger partial charge in [-0.2, -0.15) is 0 Å². The average Bonchev–Trinajstić information content (AvgIpc) is 2.75. The molecule has 4 nitrogen and oxygen atoms in total. The lowest BCUT2D eigenvalue weighted by Gasteiger charge is -2.29. The zero-order valence-corrected chi connectivity index (χ0v) is 12.4. The summed E-state index contributed by atoms with van der Waals surface area (Å²) in [7, 11) is 0. The molecule has 1 saturated carbocycles. The lowest BCUT2D eigenvalue weighted by atomic mass is 9.93. The predicted molar refractivity (Wildman–Crippen MR) is 75.1 cm³/mol. The first kappa shape index (κ1) is 14.5. The molecule has 0 unspecified atom stereocenters. The number of rotatable bonds is 6. The molecule has 1 N–H and O–H groups in total. The third-order valence-corrected chi connectivity index (χ3v) is 4.00. The van der Waals surface area contributed by atoms with E-state index in [0.717, 1.165) is 36.4 Å². The Morgan fingerprint density at radius 2 is 2.00 bits per heavy atom. The van der Waals surface area contributed by atoms with Gasteiger partial charge >= 0.3 is 0 Å². The van der Waals surface area contributed by atoms with E-state index in [1.807, 2.05) is 13.8 Å². The maximum Gasteiger partial charge on any atom is 0.139 e. The van der Waals surface area contributed by atoms with Crippen LogP contribution in [0.1, 0.15) is 56.0 Å². The van der Waals surface area contributed by atoms with Crippen molar-refractivity contribution in [2.75, 3.05) is 6.54 Å². The van der Waals surface area contributed by atoms with Gasteiger partial charge in [0.05, 0.1) is 18.4 Å². The van der Waals surface area contributed by atoms with E-state index in [1.54, 1.807) is 0 Å². The highest BCUT2D eigenvalue weighted by atomic mass is 16.5. The fourth-order valence-corrected chi connectivity index (χ4v) is 2.69. The van der Waals surface area contributed by atoms with Crippen LogP contribution in [0.2, 0.25) is 0 Å². The maximum absolute atomic E-state index is 6.01. The molecule has 1 heterocycles. The van der Waals surface area contributed by atoms with Crippen LogP contribution in [0.3, 0.4) is 0 Å². The molecule has 0 aliphatic heterocycles. The topological polar surface area (TPSA) is 47.3 Å². The van der Waals surface area contributed by atoms with Crippen molar-refractivity contribution in [3.8, 4) is 0 Å². The molecule has 0 spiro atoms. The SMILES string of the molecule is CCCNC1CCC(OCc2c(C)noc2C)CC1. The lowest BCUT2D eigenvalue weighted by molar-refractivity contribution is 0.0107. The van der Waals surface area contributed by atoms with Crippen molar-refractivity contribution in [3.05, 3.63) is 17.0 Å². The molecule has 1 aliphatic carbocycles. The number of nitrogens with zero attached hydrogens (tertiary/aromatic N) is 1. The van der Waals surface area contributed by atoms with Gasteiger partial charge in [0.15, 0.2) is 0 Å². The zero-order chi connectivity index (χ0) is 13.7. The minimum atomic E-state index is 0.397. The van der Waals surface area contributed by atoms with E-state index >= 15 is 0 Å². The molecular weight excluding hydrogens is 240 g/mol. The highest BCUT2D eigenvalue weighted by Gasteiger charge is 2.21. The molecule has 4 heteroatoms. The summed E-state index contributed by atoms with van der Waals surface area (Å²) < 4.78 is 11.2. The molecule has 1 aromatic rings. The van der Waals surface area contributed by atoms with Gasteiger partial charge in [0.2, 0.25) is 0 Å². The van der Waals surface area contributed by atoms with Gasteiger partial charge in [-0.05, 0) is 52.5 Å². The van der Waals surface area contributed by atoms with Crippen LogP contribution in [0.25, 0.3) is 0 Å². The highest BCUT2D eigenvalue weighted by Crippen LogP contribution is 2.23. The van der Waals surface area contributed by atoms with Crippen LogP contribution < -0.4 is 5.32 Å². The van der Waals surface area contributed by atoms with Crippen molar-refractivity contribution in [2.24, 2.45) is 0 Å². The third kappa shape index (κ3) is 4.05.